The van der Waals surface area contributed by atoms with E-state index in [1.807, 2.05) is 0 Å². The van der Waals surface area contributed by atoms with Crippen LogP contribution in [-0.4, -0.2) is 24.2 Å². The highest BCUT2D eigenvalue weighted by atomic mass is 35.5. The van der Waals surface area contributed by atoms with Crippen molar-refractivity contribution in [3.8, 4) is 5.75 Å². The van der Waals surface area contributed by atoms with Crippen molar-refractivity contribution in [2.75, 3.05) is 11.5 Å². The molecule has 2 amide bonds. The minimum Gasteiger partial charge on any atom is -0.484 e. The summed E-state index contributed by atoms with van der Waals surface area (Å²) in [6, 6.07) is 7.01. The first-order valence-electron chi connectivity index (χ1n) is 9.38. The van der Waals surface area contributed by atoms with Crippen LogP contribution in [-0.2, 0) is 9.59 Å². The summed E-state index contributed by atoms with van der Waals surface area (Å²) in [6.45, 7) is -0.437. The van der Waals surface area contributed by atoms with Crippen molar-refractivity contribution in [3.05, 3.63) is 69.8 Å². The van der Waals surface area contributed by atoms with Gasteiger partial charge in [-0.3, -0.25) is 14.4 Å². The molecule has 0 atom stereocenters. The third-order valence-electron chi connectivity index (χ3n) is 5.16. The third kappa shape index (κ3) is 3.61. The standard InChI is InChI=1S/C22H16ClF2NO4/c23-16-9-17(25)18(26-21(28)14-3-1-2-4-15(14)22(26)29)10-20(16)30-11-19(27)12-5-7-13(24)8-6-12/h5-10H,1-4,11H2. The Labute approximate surface area is 175 Å². The Morgan fingerprint density at radius 3 is 2.20 bits per heavy atom. The van der Waals surface area contributed by atoms with E-state index in [-0.39, 0.29) is 22.0 Å². The Balaban J connectivity index is 1.57. The van der Waals surface area contributed by atoms with E-state index < -0.39 is 35.8 Å². The zero-order valence-electron chi connectivity index (χ0n) is 15.7. The number of hydrogen-bond donors (Lipinski definition) is 0. The molecule has 0 fully saturated rings. The first-order valence-corrected chi connectivity index (χ1v) is 9.76. The number of carbonyl (C=O) groups excluding carboxylic acids is 3. The minimum atomic E-state index is -0.848. The second-order valence-electron chi connectivity index (χ2n) is 7.06. The number of halogens is 3. The van der Waals surface area contributed by atoms with Crippen LogP contribution in [0, 0.1) is 11.6 Å². The highest BCUT2D eigenvalue weighted by Crippen LogP contribution is 2.39. The molecule has 0 saturated heterocycles. The van der Waals surface area contributed by atoms with Gasteiger partial charge in [0.15, 0.2) is 12.4 Å². The molecule has 5 nitrogen and oxygen atoms in total. The number of rotatable bonds is 5. The van der Waals surface area contributed by atoms with E-state index in [9.17, 15) is 23.2 Å². The van der Waals surface area contributed by atoms with Gasteiger partial charge in [-0.1, -0.05) is 11.6 Å². The average molecular weight is 432 g/mol. The average Bonchev–Trinajstić information content (AvgIpc) is 2.98. The van der Waals surface area contributed by atoms with Crippen LogP contribution in [0.3, 0.4) is 0 Å². The number of carbonyl (C=O) groups is 3. The lowest BCUT2D eigenvalue weighted by Gasteiger charge is -2.18. The summed E-state index contributed by atoms with van der Waals surface area (Å²) in [5, 5.41) is -0.111. The Hall–Kier alpha value is -3.06. The summed E-state index contributed by atoms with van der Waals surface area (Å²) >= 11 is 6.03. The van der Waals surface area contributed by atoms with Gasteiger partial charge in [0.1, 0.15) is 17.4 Å². The van der Waals surface area contributed by atoms with Crippen LogP contribution in [0.2, 0.25) is 5.02 Å². The number of anilines is 1. The van der Waals surface area contributed by atoms with Gasteiger partial charge in [0.2, 0.25) is 0 Å². The van der Waals surface area contributed by atoms with Crippen molar-refractivity contribution in [2.45, 2.75) is 25.7 Å². The number of ketones is 1. The Morgan fingerprint density at radius 2 is 1.60 bits per heavy atom. The molecule has 4 rings (SSSR count). The minimum absolute atomic E-state index is 0.0472. The quantitative estimate of drug-likeness (QED) is 0.511. The Kier molecular flexibility index (Phi) is 5.39. The van der Waals surface area contributed by atoms with Crippen LogP contribution in [0.4, 0.5) is 14.5 Å². The number of ether oxygens (including phenoxy) is 1. The van der Waals surface area contributed by atoms with E-state index in [0.29, 0.717) is 24.0 Å². The van der Waals surface area contributed by atoms with Crippen LogP contribution in [0.1, 0.15) is 36.0 Å². The predicted octanol–water partition coefficient (Wildman–Crippen LogP) is 4.62. The van der Waals surface area contributed by atoms with Crippen molar-refractivity contribution >= 4 is 34.9 Å². The van der Waals surface area contributed by atoms with Crippen molar-refractivity contribution < 1.29 is 27.9 Å². The Bertz CT molecular complexity index is 1070. The van der Waals surface area contributed by atoms with Gasteiger partial charge in [-0.15, -0.1) is 0 Å². The molecule has 2 aromatic carbocycles. The largest absolute Gasteiger partial charge is 0.484 e. The maximum Gasteiger partial charge on any atom is 0.261 e. The highest BCUT2D eigenvalue weighted by Gasteiger charge is 2.41. The molecular formula is C22H16ClF2NO4. The molecule has 0 aromatic heterocycles. The monoisotopic (exact) mass is 431 g/mol. The lowest BCUT2D eigenvalue weighted by Crippen LogP contribution is -2.32. The van der Waals surface area contributed by atoms with Gasteiger partial charge in [0.25, 0.3) is 11.8 Å². The van der Waals surface area contributed by atoms with E-state index >= 15 is 0 Å². The van der Waals surface area contributed by atoms with Crippen molar-refractivity contribution in [2.24, 2.45) is 0 Å². The molecule has 0 spiro atoms. The van der Waals surface area contributed by atoms with Gasteiger partial charge in [-0.25, -0.2) is 13.7 Å². The van der Waals surface area contributed by atoms with Crippen LogP contribution in [0.25, 0.3) is 0 Å². The molecule has 1 aliphatic heterocycles. The maximum absolute atomic E-state index is 14.6. The van der Waals surface area contributed by atoms with Crippen molar-refractivity contribution in [3.63, 3.8) is 0 Å². The summed E-state index contributed by atoms with van der Waals surface area (Å²) in [5.41, 5.74) is 0.814. The molecule has 0 saturated carbocycles. The number of amides is 2. The number of benzene rings is 2. The van der Waals surface area contributed by atoms with E-state index in [0.717, 1.165) is 42.0 Å². The van der Waals surface area contributed by atoms with Gasteiger partial charge in [0, 0.05) is 22.8 Å². The maximum atomic E-state index is 14.6. The second kappa shape index (κ2) is 7.99. The molecule has 0 unspecified atom stereocenters. The summed E-state index contributed by atoms with van der Waals surface area (Å²) < 4.78 is 33.0. The fraction of sp³-hybridized carbons (Fsp3) is 0.227. The van der Waals surface area contributed by atoms with Crippen LogP contribution in [0.5, 0.6) is 5.75 Å². The van der Waals surface area contributed by atoms with Gasteiger partial charge >= 0.3 is 0 Å². The third-order valence-corrected chi connectivity index (χ3v) is 5.45. The summed E-state index contributed by atoms with van der Waals surface area (Å²) in [6.07, 6.45) is 2.57. The fourth-order valence-corrected chi connectivity index (χ4v) is 3.83. The fourth-order valence-electron chi connectivity index (χ4n) is 3.62. The predicted molar refractivity (Wildman–Crippen MR) is 106 cm³/mol. The smallest absolute Gasteiger partial charge is 0.261 e. The lowest BCUT2D eigenvalue weighted by molar-refractivity contribution is -0.120. The first-order chi connectivity index (χ1) is 14.4. The molecular weight excluding hydrogens is 416 g/mol. The van der Waals surface area contributed by atoms with Crippen molar-refractivity contribution in [1.82, 2.24) is 0 Å². The van der Waals surface area contributed by atoms with Gasteiger partial charge in [0.05, 0.1) is 10.7 Å². The number of hydrogen-bond acceptors (Lipinski definition) is 4. The number of nitrogens with zero attached hydrogens (tertiary/aromatic N) is 1. The zero-order chi connectivity index (χ0) is 21.4. The number of Topliss-reactive ketones (excluding diaryl/α,β-unsaturated/α-hetero) is 1. The summed E-state index contributed by atoms with van der Waals surface area (Å²) in [4.78, 5) is 38.4. The number of imide groups is 1. The molecule has 1 aliphatic carbocycles. The van der Waals surface area contributed by atoms with Crippen molar-refractivity contribution in [1.29, 1.82) is 0 Å². The molecule has 0 radical (unpaired) electrons. The Morgan fingerprint density at radius 1 is 1.00 bits per heavy atom. The molecule has 1 heterocycles. The molecule has 154 valence electrons. The van der Waals surface area contributed by atoms with Crippen LogP contribution < -0.4 is 9.64 Å². The topological polar surface area (TPSA) is 63.7 Å². The van der Waals surface area contributed by atoms with Gasteiger partial charge in [-0.05, 0) is 56.0 Å². The van der Waals surface area contributed by atoms with E-state index in [1.165, 1.54) is 12.1 Å². The lowest BCUT2D eigenvalue weighted by atomic mass is 9.93. The van der Waals surface area contributed by atoms with E-state index in [2.05, 4.69) is 0 Å². The first kappa shape index (κ1) is 20.2. The normalized spacial score (nSPS) is 16.2. The highest BCUT2D eigenvalue weighted by molar-refractivity contribution is 6.34. The van der Waals surface area contributed by atoms with Gasteiger partial charge < -0.3 is 4.74 Å². The molecule has 30 heavy (non-hydrogen) atoms. The molecule has 0 N–H and O–H groups in total. The second-order valence-corrected chi connectivity index (χ2v) is 7.47. The molecule has 8 heteroatoms. The van der Waals surface area contributed by atoms with Crippen LogP contribution >= 0.6 is 11.6 Å². The molecule has 2 aliphatic rings. The SMILES string of the molecule is O=C(COc1cc(N2C(=O)C3=C(CCCC3)C2=O)c(F)cc1Cl)c1ccc(F)cc1. The molecule has 0 bridgehead atoms. The zero-order valence-corrected chi connectivity index (χ0v) is 16.5. The van der Waals surface area contributed by atoms with Crippen LogP contribution in [0.15, 0.2) is 47.5 Å². The summed E-state index contributed by atoms with van der Waals surface area (Å²) in [7, 11) is 0. The molecule has 2 aromatic rings. The van der Waals surface area contributed by atoms with Gasteiger partial charge in [-0.2, -0.15) is 0 Å². The van der Waals surface area contributed by atoms with E-state index in [1.54, 1.807) is 0 Å². The summed E-state index contributed by atoms with van der Waals surface area (Å²) in [5.74, 6) is -2.89. The van der Waals surface area contributed by atoms with E-state index in [4.69, 9.17) is 16.3 Å².